The number of nitrogens with two attached hydrogens (primary N) is 2. The highest BCUT2D eigenvalue weighted by atomic mass is 15.3. The standard InChI is InChI=1S/C5H15N4/c6-2-1-4-8-9-5-3-7/h8H,1-7H2. The van der Waals surface area contributed by atoms with Gasteiger partial charge in [0.05, 0.1) is 0 Å². The molecule has 0 aromatic carbocycles. The van der Waals surface area contributed by atoms with Gasteiger partial charge in [-0.05, 0) is 13.0 Å². The summed E-state index contributed by atoms with van der Waals surface area (Å²) in [6.45, 7) is 2.86. The molecule has 0 amide bonds. The molecule has 55 valence electrons. The molecule has 0 heterocycles. The summed E-state index contributed by atoms with van der Waals surface area (Å²) in [4.78, 5) is 0. The van der Waals surface area contributed by atoms with E-state index in [0.29, 0.717) is 19.6 Å². The van der Waals surface area contributed by atoms with Crippen LogP contribution in [0.15, 0.2) is 0 Å². The molecule has 0 aromatic rings. The van der Waals surface area contributed by atoms with E-state index in [4.69, 9.17) is 11.5 Å². The van der Waals surface area contributed by atoms with Crippen molar-refractivity contribution in [2.75, 3.05) is 26.2 Å². The Kier molecular flexibility index (Phi) is 7.70. The van der Waals surface area contributed by atoms with Crippen LogP contribution in [0.1, 0.15) is 6.42 Å². The average molecular weight is 131 g/mol. The van der Waals surface area contributed by atoms with E-state index in [9.17, 15) is 0 Å². The summed E-state index contributed by atoms with van der Waals surface area (Å²) in [5.74, 6) is 0. The molecule has 0 saturated heterocycles. The summed E-state index contributed by atoms with van der Waals surface area (Å²) < 4.78 is 0. The Labute approximate surface area is 55.9 Å². The quantitative estimate of drug-likeness (QED) is 0.300. The van der Waals surface area contributed by atoms with Crippen LogP contribution in [-0.4, -0.2) is 26.2 Å². The number of hydrogen-bond acceptors (Lipinski definition) is 3. The van der Waals surface area contributed by atoms with Gasteiger partial charge in [0.15, 0.2) is 0 Å². The Hall–Kier alpha value is -0.160. The molecule has 0 aromatic heterocycles. The summed E-state index contributed by atoms with van der Waals surface area (Å²) in [6, 6.07) is 0. The van der Waals surface area contributed by atoms with Crippen molar-refractivity contribution in [2.45, 2.75) is 6.42 Å². The van der Waals surface area contributed by atoms with Crippen molar-refractivity contribution in [3.05, 3.63) is 0 Å². The smallest absolute Gasteiger partial charge is 0.0427 e. The van der Waals surface area contributed by atoms with E-state index in [1.54, 1.807) is 0 Å². The van der Waals surface area contributed by atoms with Crippen LogP contribution in [0.3, 0.4) is 0 Å². The second kappa shape index (κ2) is 7.84. The van der Waals surface area contributed by atoms with Crippen LogP contribution < -0.4 is 22.3 Å². The minimum Gasteiger partial charge on any atom is -0.330 e. The predicted molar refractivity (Wildman–Crippen MR) is 37.7 cm³/mol. The van der Waals surface area contributed by atoms with Crippen LogP contribution in [0.4, 0.5) is 0 Å². The van der Waals surface area contributed by atoms with Gasteiger partial charge in [0.2, 0.25) is 0 Å². The van der Waals surface area contributed by atoms with Crippen LogP contribution in [0.2, 0.25) is 0 Å². The lowest BCUT2D eigenvalue weighted by molar-refractivity contribution is 0.518. The molecule has 0 atom stereocenters. The summed E-state index contributed by atoms with van der Waals surface area (Å²) in [6.07, 6.45) is 0.966. The minimum absolute atomic E-state index is 0.607. The fourth-order valence-corrected chi connectivity index (χ4v) is 0.404. The molecule has 0 rings (SSSR count). The molecule has 0 aliphatic rings. The molecule has 4 nitrogen and oxygen atoms in total. The maximum atomic E-state index is 5.24. The van der Waals surface area contributed by atoms with Gasteiger partial charge < -0.3 is 11.5 Å². The number of hydrogen-bond donors (Lipinski definition) is 3. The van der Waals surface area contributed by atoms with Gasteiger partial charge >= 0.3 is 0 Å². The molecule has 0 aliphatic heterocycles. The van der Waals surface area contributed by atoms with Crippen LogP contribution in [-0.2, 0) is 0 Å². The molecule has 0 saturated carbocycles. The average Bonchev–Trinajstić information content (AvgIpc) is 1.89. The van der Waals surface area contributed by atoms with Crippen molar-refractivity contribution >= 4 is 0 Å². The SMILES string of the molecule is NCCCN[N]CCN. The van der Waals surface area contributed by atoms with Crippen LogP contribution in [0.5, 0.6) is 0 Å². The summed E-state index contributed by atoms with van der Waals surface area (Å²) in [5.41, 5.74) is 17.2. The summed E-state index contributed by atoms with van der Waals surface area (Å²) >= 11 is 0. The van der Waals surface area contributed by atoms with Crippen molar-refractivity contribution in [3.63, 3.8) is 0 Å². The molecule has 1 radical (unpaired) electrons. The lowest BCUT2D eigenvalue weighted by Gasteiger charge is -1.99. The van der Waals surface area contributed by atoms with E-state index in [2.05, 4.69) is 10.9 Å². The van der Waals surface area contributed by atoms with Crippen molar-refractivity contribution < 1.29 is 0 Å². The first-order chi connectivity index (χ1) is 4.41. The highest BCUT2D eigenvalue weighted by Crippen LogP contribution is 1.65. The monoisotopic (exact) mass is 131 g/mol. The topological polar surface area (TPSA) is 78.2 Å². The van der Waals surface area contributed by atoms with E-state index in [0.717, 1.165) is 13.0 Å². The van der Waals surface area contributed by atoms with Gasteiger partial charge in [-0.15, -0.1) is 0 Å². The van der Waals surface area contributed by atoms with E-state index in [1.807, 2.05) is 0 Å². The fraction of sp³-hybridized carbons (Fsp3) is 1.00. The van der Waals surface area contributed by atoms with Gasteiger partial charge in [-0.3, -0.25) is 0 Å². The Morgan fingerprint density at radius 2 is 2.00 bits per heavy atom. The zero-order valence-corrected chi connectivity index (χ0v) is 5.64. The zero-order chi connectivity index (χ0) is 6.95. The molecule has 0 unspecified atom stereocenters. The molecule has 5 N–H and O–H groups in total. The van der Waals surface area contributed by atoms with Crippen LogP contribution in [0.25, 0.3) is 0 Å². The normalized spacial score (nSPS) is 10.0. The van der Waals surface area contributed by atoms with Gasteiger partial charge in [0.25, 0.3) is 0 Å². The third kappa shape index (κ3) is 7.84. The van der Waals surface area contributed by atoms with E-state index in [-0.39, 0.29) is 0 Å². The summed E-state index contributed by atoms with van der Waals surface area (Å²) in [7, 11) is 0. The highest BCUT2D eigenvalue weighted by molar-refractivity contribution is 4.43. The molecule has 0 spiro atoms. The first kappa shape index (κ1) is 8.84. The Morgan fingerprint density at radius 3 is 2.56 bits per heavy atom. The molecule has 0 bridgehead atoms. The second-order valence-corrected chi connectivity index (χ2v) is 1.72. The predicted octanol–water partition coefficient (Wildman–Crippen LogP) is -1.60. The fourth-order valence-electron chi connectivity index (χ4n) is 0.404. The maximum Gasteiger partial charge on any atom is 0.0427 e. The number of nitrogens with one attached hydrogen (secondary N) is 1. The van der Waals surface area contributed by atoms with Crippen LogP contribution in [0, 0.1) is 0 Å². The van der Waals surface area contributed by atoms with Crippen molar-refractivity contribution in [2.24, 2.45) is 11.5 Å². The lowest BCUT2D eigenvalue weighted by atomic mass is 10.4. The molecule has 0 aliphatic carbocycles. The number of nitrogens with zero attached hydrogens (tertiary/aromatic N) is 1. The van der Waals surface area contributed by atoms with Crippen molar-refractivity contribution in [3.8, 4) is 0 Å². The van der Waals surface area contributed by atoms with Gasteiger partial charge in [0.1, 0.15) is 0 Å². The van der Waals surface area contributed by atoms with Gasteiger partial charge in [0, 0.05) is 19.6 Å². The van der Waals surface area contributed by atoms with Crippen molar-refractivity contribution in [1.29, 1.82) is 0 Å². The third-order valence-electron chi connectivity index (χ3n) is 0.845. The van der Waals surface area contributed by atoms with Crippen molar-refractivity contribution in [1.82, 2.24) is 10.9 Å². The molecular formula is C5H15N4. The van der Waals surface area contributed by atoms with E-state index >= 15 is 0 Å². The van der Waals surface area contributed by atoms with E-state index in [1.165, 1.54) is 0 Å². The number of rotatable bonds is 6. The Morgan fingerprint density at radius 1 is 1.22 bits per heavy atom. The van der Waals surface area contributed by atoms with Gasteiger partial charge in [-0.2, -0.15) is 5.43 Å². The first-order valence-corrected chi connectivity index (χ1v) is 3.21. The third-order valence-corrected chi connectivity index (χ3v) is 0.845. The minimum atomic E-state index is 0.607. The second-order valence-electron chi connectivity index (χ2n) is 1.72. The highest BCUT2D eigenvalue weighted by Gasteiger charge is 1.83. The largest absolute Gasteiger partial charge is 0.330 e. The molecular weight excluding hydrogens is 116 g/mol. The van der Waals surface area contributed by atoms with Crippen LogP contribution >= 0.6 is 0 Å². The first-order valence-electron chi connectivity index (χ1n) is 3.21. The van der Waals surface area contributed by atoms with E-state index < -0.39 is 0 Å². The zero-order valence-electron chi connectivity index (χ0n) is 5.64. The summed E-state index contributed by atoms with van der Waals surface area (Å²) in [5, 5.41) is 0. The van der Waals surface area contributed by atoms with Gasteiger partial charge in [-0.1, -0.05) is 0 Å². The molecule has 4 heteroatoms. The Balaban J connectivity index is 2.60. The lowest BCUT2D eigenvalue weighted by Crippen LogP contribution is -2.30. The molecule has 0 fully saturated rings. The van der Waals surface area contributed by atoms with Gasteiger partial charge in [-0.25, -0.2) is 5.43 Å². The molecule has 9 heavy (non-hydrogen) atoms. The Bertz CT molecular complexity index is 42.2. The maximum absolute atomic E-state index is 5.24.